The van der Waals surface area contributed by atoms with E-state index in [0.29, 0.717) is 24.9 Å². The highest BCUT2D eigenvalue weighted by Gasteiger charge is 2.25. The molecule has 4 atom stereocenters. The van der Waals surface area contributed by atoms with E-state index in [2.05, 4.69) is 24.5 Å². The summed E-state index contributed by atoms with van der Waals surface area (Å²) in [5.74, 6) is 0.944. The maximum absolute atomic E-state index is 11.9. The molecule has 2 aliphatic rings. The van der Waals surface area contributed by atoms with Gasteiger partial charge in [0.15, 0.2) is 0 Å². The third-order valence-corrected chi connectivity index (χ3v) is 6.22. The fourth-order valence-corrected chi connectivity index (χ4v) is 4.26. The predicted molar refractivity (Wildman–Crippen MR) is 110 cm³/mol. The number of carbonyl (C=O) groups excluding carboxylic acids is 2. The van der Waals surface area contributed by atoms with E-state index >= 15 is 0 Å². The second-order valence-corrected chi connectivity index (χ2v) is 8.68. The molecular weight excluding hydrogens is 356 g/mol. The minimum atomic E-state index is -0.278. The van der Waals surface area contributed by atoms with Crippen molar-refractivity contribution in [2.45, 2.75) is 103 Å². The van der Waals surface area contributed by atoms with Gasteiger partial charge in [-0.15, -0.1) is 0 Å². The van der Waals surface area contributed by atoms with Gasteiger partial charge in [-0.2, -0.15) is 0 Å². The number of ether oxygens (including phenoxy) is 2. The first-order chi connectivity index (χ1) is 13.6. The van der Waals surface area contributed by atoms with E-state index in [4.69, 9.17) is 9.47 Å². The van der Waals surface area contributed by atoms with E-state index in [-0.39, 0.29) is 24.4 Å². The van der Waals surface area contributed by atoms with E-state index in [1.54, 1.807) is 0 Å². The standard InChI is InChI=1S/C22H40N2O4/c1-17-11-5-7-13-19(17)27-21(25)23-15-9-3-4-10-16-24-22(26)28-20-14-8-6-12-18(20)2/h17-20H,3-16H2,1-2H3,(H,23,25)(H,24,26)/t17-,18-,19-,20+/m1/s1. The van der Waals surface area contributed by atoms with Gasteiger partial charge in [0.05, 0.1) is 0 Å². The van der Waals surface area contributed by atoms with Crippen molar-refractivity contribution in [3.8, 4) is 0 Å². The highest BCUT2D eigenvalue weighted by Crippen LogP contribution is 2.27. The maximum atomic E-state index is 11.9. The van der Waals surface area contributed by atoms with Crippen molar-refractivity contribution in [3.63, 3.8) is 0 Å². The highest BCUT2D eigenvalue weighted by molar-refractivity contribution is 5.67. The number of nitrogens with one attached hydrogen (secondary N) is 2. The number of hydrogen-bond acceptors (Lipinski definition) is 4. The van der Waals surface area contributed by atoms with Gasteiger partial charge >= 0.3 is 12.2 Å². The summed E-state index contributed by atoms with van der Waals surface area (Å²) < 4.78 is 11.1. The zero-order valence-corrected chi connectivity index (χ0v) is 17.8. The Hall–Kier alpha value is -1.46. The van der Waals surface area contributed by atoms with Gasteiger partial charge in [0, 0.05) is 13.1 Å². The lowest BCUT2D eigenvalue weighted by molar-refractivity contribution is 0.0429. The Morgan fingerprint density at radius 3 is 1.46 bits per heavy atom. The monoisotopic (exact) mass is 396 g/mol. The van der Waals surface area contributed by atoms with E-state index in [1.807, 2.05) is 0 Å². The van der Waals surface area contributed by atoms with Crippen LogP contribution in [0.3, 0.4) is 0 Å². The van der Waals surface area contributed by atoms with Gasteiger partial charge in [-0.1, -0.05) is 39.5 Å². The summed E-state index contributed by atoms with van der Waals surface area (Å²) in [7, 11) is 0. The lowest BCUT2D eigenvalue weighted by atomic mass is 9.88. The molecule has 162 valence electrons. The van der Waals surface area contributed by atoms with E-state index < -0.39 is 0 Å². The number of unbranched alkanes of at least 4 members (excludes halogenated alkanes) is 3. The summed E-state index contributed by atoms with van der Waals surface area (Å²) in [4.78, 5) is 23.7. The van der Waals surface area contributed by atoms with E-state index in [0.717, 1.165) is 64.2 Å². The normalized spacial score (nSPS) is 27.6. The Bertz CT molecular complexity index is 429. The Balaban J connectivity index is 1.41. The van der Waals surface area contributed by atoms with Crippen molar-refractivity contribution in [2.75, 3.05) is 13.1 Å². The largest absolute Gasteiger partial charge is 0.446 e. The molecule has 2 saturated carbocycles. The van der Waals surface area contributed by atoms with Gasteiger partial charge in [0.25, 0.3) is 0 Å². The first kappa shape index (κ1) is 22.8. The molecule has 0 aliphatic heterocycles. The van der Waals surface area contributed by atoms with Crippen LogP contribution in [-0.4, -0.2) is 37.5 Å². The molecule has 0 spiro atoms. The van der Waals surface area contributed by atoms with Crippen molar-refractivity contribution in [3.05, 3.63) is 0 Å². The molecule has 2 rings (SSSR count). The molecule has 28 heavy (non-hydrogen) atoms. The number of rotatable bonds is 9. The van der Waals surface area contributed by atoms with Crippen molar-refractivity contribution < 1.29 is 19.1 Å². The minimum absolute atomic E-state index is 0.0798. The average molecular weight is 397 g/mol. The summed E-state index contributed by atoms with van der Waals surface area (Å²) in [6.45, 7) is 5.62. The van der Waals surface area contributed by atoms with Crippen LogP contribution in [0.4, 0.5) is 9.59 Å². The van der Waals surface area contributed by atoms with Gasteiger partial charge in [0.2, 0.25) is 0 Å². The molecule has 6 heteroatoms. The second kappa shape index (κ2) is 12.9. The van der Waals surface area contributed by atoms with Crippen LogP contribution >= 0.6 is 0 Å². The van der Waals surface area contributed by atoms with Crippen LogP contribution in [0.2, 0.25) is 0 Å². The van der Waals surface area contributed by atoms with Gasteiger partial charge in [-0.05, 0) is 63.2 Å². The topological polar surface area (TPSA) is 76.7 Å². The number of alkyl carbamates (subject to hydrolysis) is 2. The number of hydrogen-bond donors (Lipinski definition) is 2. The number of carbonyl (C=O) groups is 2. The molecule has 2 fully saturated rings. The molecular formula is C22H40N2O4. The predicted octanol–water partition coefficient (Wildman–Crippen LogP) is 5.16. The van der Waals surface area contributed by atoms with Crippen LogP contribution in [-0.2, 0) is 9.47 Å². The Labute approximate surface area is 170 Å². The SMILES string of the molecule is C[C@@H]1CCCC[C@@H]1OC(=O)NCCCCCCNC(=O)O[C@@H]1CCCC[C@H]1C. The van der Waals surface area contributed by atoms with Crippen LogP contribution in [0.1, 0.15) is 90.9 Å². The Morgan fingerprint density at radius 2 is 1.07 bits per heavy atom. The van der Waals surface area contributed by atoms with Crippen molar-refractivity contribution in [1.29, 1.82) is 0 Å². The van der Waals surface area contributed by atoms with Crippen molar-refractivity contribution in [1.82, 2.24) is 10.6 Å². The van der Waals surface area contributed by atoms with Crippen LogP contribution in [0.15, 0.2) is 0 Å². The zero-order chi connectivity index (χ0) is 20.2. The molecule has 0 saturated heterocycles. The smallest absolute Gasteiger partial charge is 0.407 e. The third kappa shape index (κ3) is 8.70. The Morgan fingerprint density at radius 1 is 0.679 bits per heavy atom. The van der Waals surface area contributed by atoms with Gasteiger partial charge < -0.3 is 20.1 Å². The van der Waals surface area contributed by atoms with Crippen molar-refractivity contribution in [2.24, 2.45) is 11.8 Å². The lowest BCUT2D eigenvalue weighted by Crippen LogP contribution is -2.34. The molecule has 0 radical (unpaired) electrons. The van der Waals surface area contributed by atoms with E-state index in [1.165, 1.54) is 12.8 Å². The quantitative estimate of drug-likeness (QED) is 0.528. The fourth-order valence-electron chi connectivity index (χ4n) is 4.26. The average Bonchev–Trinajstić information content (AvgIpc) is 2.67. The molecule has 2 N–H and O–H groups in total. The molecule has 0 heterocycles. The molecule has 2 amide bonds. The van der Waals surface area contributed by atoms with Crippen LogP contribution in [0.25, 0.3) is 0 Å². The van der Waals surface area contributed by atoms with Crippen LogP contribution < -0.4 is 10.6 Å². The summed E-state index contributed by atoms with van der Waals surface area (Å²) in [6, 6.07) is 0. The first-order valence-corrected chi connectivity index (χ1v) is 11.4. The number of amides is 2. The van der Waals surface area contributed by atoms with Gasteiger partial charge in [0.1, 0.15) is 12.2 Å². The zero-order valence-electron chi connectivity index (χ0n) is 17.8. The lowest BCUT2D eigenvalue weighted by Gasteiger charge is -2.28. The summed E-state index contributed by atoms with van der Waals surface area (Å²) in [5, 5.41) is 5.72. The van der Waals surface area contributed by atoms with Gasteiger partial charge in [-0.25, -0.2) is 9.59 Å². The summed E-state index contributed by atoms with van der Waals surface area (Å²) >= 11 is 0. The van der Waals surface area contributed by atoms with E-state index in [9.17, 15) is 9.59 Å². The molecule has 0 bridgehead atoms. The highest BCUT2D eigenvalue weighted by atomic mass is 16.6. The molecule has 2 aliphatic carbocycles. The second-order valence-electron chi connectivity index (χ2n) is 8.68. The molecule has 0 unspecified atom stereocenters. The van der Waals surface area contributed by atoms with Crippen molar-refractivity contribution >= 4 is 12.2 Å². The Kier molecular flexibility index (Phi) is 10.5. The van der Waals surface area contributed by atoms with Gasteiger partial charge in [-0.3, -0.25) is 0 Å². The first-order valence-electron chi connectivity index (χ1n) is 11.4. The third-order valence-electron chi connectivity index (χ3n) is 6.22. The summed E-state index contributed by atoms with van der Waals surface area (Å²) in [5.41, 5.74) is 0. The fraction of sp³-hybridized carbons (Fsp3) is 0.909. The molecule has 6 nitrogen and oxygen atoms in total. The maximum Gasteiger partial charge on any atom is 0.407 e. The molecule has 0 aromatic carbocycles. The minimum Gasteiger partial charge on any atom is -0.446 e. The molecule has 0 aromatic rings. The van der Waals surface area contributed by atoms with Crippen LogP contribution in [0, 0.1) is 11.8 Å². The molecule has 0 aromatic heterocycles. The summed E-state index contributed by atoms with van der Waals surface area (Å²) in [6.07, 6.45) is 12.6. The van der Waals surface area contributed by atoms with Crippen LogP contribution in [0.5, 0.6) is 0 Å².